The number of rotatable bonds is 3. The van der Waals surface area contributed by atoms with E-state index in [1.165, 1.54) is 0 Å². The molecule has 0 amide bonds. The highest BCUT2D eigenvalue weighted by Crippen LogP contribution is 2.21. The standard InChI is InChI=1S/C6H12OP2/c1-3-4-6(2)5-7-9-8/h6,9H,5,8H2,1-2H3. The molecule has 0 aromatic heterocycles. The van der Waals surface area contributed by atoms with Gasteiger partial charge in [-0.3, -0.25) is 0 Å². The summed E-state index contributed by atoms with van der Waals surface area (Å²) >= 11 is 0. The fourth-order valence-electron chi connectivity index (χ4n) is 0.461. The summed E-state index contributed by atoms with van der Waals surface area (Å²) in [6.45, 7) is 4.66. The molecule has 0 fully saturated rings. The van der Waals surface area contributed by atoms with E-state index < -0.39 is 0 Å². The van der Waals surface area contributed by atoms with Gasteiger partial charge in [0.15, 0.2) is 0 Å². The Labute approximate surface area is 60.9 Å². The van der Waals surface area contributed by atoms with Crippen molar-refractivity contribution in [1.29, 1.82) is 0 Å². The lowest BCUT2D eigenvalue weighted by Crippen LogP contribution is -1.96. The molecule has 0 N–H and O–H groups in total. The first-order valence-corrected chi connectivity index (χ1v) is 5.52. The van der Waals surface area contributed by atoms with Crippen LogP contribution in [-0.2, 0) is 4.52 Å². The molecule has 0 bridgehead atoms. The summed E-state index contributed by atoms with van der Waals surface area (Å²) in [6, 6.07) is 0. The van der Waals surface area contributed by atoms with Crippen molar-refractivity contribution in [2.24, 2.45) is 5.92 Å². The Morgan fingerprint density at radius 3 is 2.89 bits per heavy atom. The first-order chi connectivity index (χ1) is 4.31. The van der Waals surface area contributed by atoms with Crippen LogP contribution in [-0.4, -0.2) is 6.61 Å². The van der Waals surface area contributed by atoms with Gasteiger partial charge in [0, 0.05) is 14.4 Å². The molecule has 52 valence electrons. The first-order valence-electron chi connectivity index (χ1n) is 2.81. The molecular formula is C6H12OP2. The summed E-state index contributed by atoms with van der Waals surface area (Å²) in [5.41, 5.74) is 0. The monoisotopic (exact) mass is 162 g/mol. The van der Waals surface area contributed by atoms with Gasteiger partial charge in [-0.2, -0.15) is 0 Å². The average Bonchev–Trinajstić information content (AvgIpc) is 1.85. The van der Waals surface area contributed by atoms with E-state index in [9.17, 15) is 0 Å². The third-order valence-corrected chi connectivity index (χ3v) is 1.64. The molecule has 0 saturated carbocycles. The third-order valence-electron chi connectivity index (χ3n) is 0.807. The molecule has 0 aliphatic carbocycles. The van der Waals surface area contributed by atoms with Crippen molar-refractivity contribution in [1.82, 2.24) is 0 Å². The summed E-state index contributed by atoms with van der Waals surface area (Å²) in [6.07, 6.45) is 0. The number of hydrogen-bond donors (Lipinski definition) is 0. The molecule has 3 unspecified atom stereocenters. The van der Waals surface area contributed by atoms with Crippen LogP contribution in [0.4, 0.5) is 0 Å². The molecule has 0 heterocycles. The van der Waals surface area contributed by atoms with Crippen molar-refractivity contribution < 1.29 is 4.52 Å². The van der Waals surface area contributed by atoms with E-state index in [1.807, 2.05) is 6.92 Å². The Kier molecular flexibility index (Phi) is 6.77. The predicted octanol–water partition coefficient (Wildman–Crippen LogP) is 2.05. The van der Waals surface area contributed by atoms with Crippen molar-refractivity contribution in [2.75, 3.05) is 6.61 Å². The minimum Gasteiger partial charge on any atom is -0.357 e. The third kappa shape index (κ3) is 6.26. The summed E-state index contributed by atoms with van der Waals surface area (Å²) < 4.78 is 5.14. The molecule has 0 rings (SSSR count). The maximum atomic E-state index is 5.14. The predicted molar refractivity (Wildman–Crippen MR) is 46.6 cm³/mol. The zero-order chi connectivity index (χ0) is 7.11. The van der Waals surface area contributed by atoms with E-state index in [-0.39, 0.29) is 0 Å². The minimum absolute atomic E-state index is 0.378. The van der Waals surface area contributed by atoms with Crippen LogP contribution in [0, 0.1) is 17.8 Å². The maximum Gasteiger partial charge on any atom is 0.0644 e. The SMILES string of the molecule is CC#CC(C)COPP. The molecule has 3 atom stereocenters. The molecule has 0 aromatic rings. The van der Waals surface area contributed by atoms with E-state index in [4.69, 9.17) is 4.52 Å². The van der Waals surface area contributed by atoms with Crippen molar-refractivity contribution >= 4 is 17.4 Å². The lowest BCUT2D eigenvalue weighted by Gasteiger charge is -2.01. The molecule has 9 heavy (non-hydrogen) atoms. The summed E-state index contributed by atoms with van der Waals surface area (Å²) in [7, 11) is 3.04. The summed E-state index contributed by atoms with van der Waals surface area (Å²) in [5.74, 6) is 6.22. The quantitative estimate of drug-likeness (QED) is 0.455. The van der Waals surface area contributed by atoms with Gasteiger partial charge in [-0.25, -0.2) is 0 Å². The van der Waals surface area contributed by atoms with Crippen molar-refractivity contribution in [2.45, 2.75) is 13.8 Å². The minimum atomic E-state index is 0.378. The van der Waals surface area contributed by atoms with Gasteiger partial charge in [0.05, 0.1) is 6.61 Å². The van der Waals surface area contributed by atoms with Gasteiger partial charge in [0.2, 0.25) is 0 Å². The van der Waals surface area contributed by atoms with Gasteiger partial charge in [-0.1, -0.05) is 14.8 Å². The van der Waals surface area contributed by atoms with Gasteiger partial charge in [0.1, 0.15) is 0 Å². The van der Waals surface area contributed by atoms with Gasteiger partial charge in [-0.15, -0.1) is 5.92 Å². The molecule has 0 radical (unpaired) electrons. The van der Waals surface area contributed by atoms with Crippen LogP contribution in [0.2, 0.25) is 0 Å². The van der Waals surface area contributed by atoms with E-state index in [1.54, 1.807) is 0 Å². The fraction of sp³-hybridized carbons (Fsp3) is 0.667. The summed E-state index contributed by atoms with van der Waals surface area (Å²) in [4.78, 5) is 0. The van der Waals surface area contributed by atoms with Crippen LogP contribution >= 0.6 is 17.4 Å². The highest BCUT2D eigenvalue weighted by molar-refractivity contribution is 8.00. The van der Waals surface area contributed by atoms with Crippen LogP contribution < -0.4 is 0 Å². The van der Waals surface area contributed by atoms with E-state index in [0.29, 0.717) is 14.4 Å². The van der Waals surface area contributed by atoms with Gasteiger partial charge in [-0.05, 0) is 13.8 Å². The zero-order valence-corrected chi connectivity index (χ0v) is 7.92. The Bertz CT molecular complexity index is 114. The highest BCUT2D eigenvalue weighted by Gasteiger charge is 1.93. The van der Waals surface area contributed by atoms with Crippen molar-refractivity contribution in [3.63, 3.8) is 0 Å². The fourth-order valence-corrected chi connectivity index (χ4v) is 1.10. The van der Waals surface area contributed by atoms with E-state index in [2.05, 4.69) is 27.7 Å². The first kappa shape index (κ1) is 9.38. The molecular weight excluding hydrogens is 150 g/mol. The second kappa shape index (κ2) is 6.50. The Hall–Kier alpha value is 0.380. The molecule has 1 nitrogen and oxygen atoms in total. The highest BCUT2D eigenvalue weighted by atomic mass is 32.0. The van der Waals surface area contributed by atoms with Gasteiger partial charge >= 0.3 is 0 Å². The molecule has 3 heteroatoms. The lowest BCUT2D eigenvalue weighted by atomic mass is 10.2. The van der Waals surface area contributed by atoms with Crippen LogP contribution in [0.1, 0.15) is 13.8 Å². The smallest absolute Gasteiger partial charge is 0.0644 e. The second-order valence-corrected chi connectivity index (χ2v) is 2.96. The van der Waals surface area contributed by atoms with Crippen molar-refractivity contribution in [3.8, 4) is 11.8 Å². The van der Waals surface area contributed by atoms with E-state index >= 15 is 0 Å². The second-order valence-electron chi connectivity index (χ2n) is 1.72. The van der Waals surface area contributed by atoms with Crippen LogP contribution in [0.5, 0.6) is 0 Å². The largest absolute Gasteiger partial charge is 0.357 e. The van der Waals surface area contributed by atoms with Crippen LogP contribution in [0.25, 0.3) is 0 Å². The Balaban J connectivity index is 3.23. The van der Waals surface area contributed by atoms with Crippen LogP contribution in [0.3, 0.4) is 0 Å². The molecule has 0 spiro atoms. The summed E-state index contributed by atoms with van der Waals surface area (Å²) in [5, 5.41) is 0. The lowest BCUT2D eigenvalue weighted by molar-refractivity contribution is 0.334. The van der Waals surface area contributed by atoms with E-state index in [0.717, 1.165) is 6.61 Å². The Morgan fingerprint density at radius 1 is 1.78 bits per heavy atom. The van der Waals surface area contributed by atoms with Crippen molar-refractivity contribution in [3.05, 3.63) is 0 Å². The number of hydrogen-bond acceptors (Lipinski definition) is 1. The Morgan fingerprint density at radius 2 is 2.44 bits per heavy atom. The maximum absolute atomic E-state index is 5.14. The normalized spacial score (nSPS) is 13.2. The molecule has 0 aromatic carbocycles. The molecule has 0 saturated heterocycles. The average molecular weight is 162 g/mol. The molecule has 0 aliphatic rings. The van der Waals surface area contributed by atoms with Gasteiger partial charge < -0.3 is 4.52 Å². The molecule has 0 aliphatic heterocycles. The van der Waals surface area contributed by atoms with Gasteiger partial charge in [0.25, 0.3) is 0 Å². The van der Waals surface area contributed by atoms with Crippen LogP contribution in [0.15, 0.2) is 0 Å². The topological polar surface area (TPSA) is 9.23 Å². The zero-order valence-electron chi connectivity index (χ0n) is 5.77.